The highest BCUT2D eigenvalue weighted by Gasteiger charge is 2.13. The van der Waals surface area contributed by atoms with Crippen LogP contribution in [-0.2, 0) is 22.6 Å². The van der Waals surface area contributed by atoms with Crippen molar-refractivity contribution in [2.75, 3.05) is 12.4 Å². The molecule has 0 spiro atoms. The molecule has 6 nitrogen and oxygen atoms in total. The first kappa shape index (κ1) is 27.5. The first-order valence-electron chi connectivity index (χ1n) is 12.0. The summed E-state index contributed by atoms with van der Waals surface area (Å²) in [6, 6.07) is 28.4. The van der Waals surface area contributed by atoms with Gasteiger partial charge in [-0.25, -0.2) is 9.78 Å². The van der Waals surface area contributed by atoms with Crippen molar-refractivity contribution >= 4 is 29.3 Å². The van der Waals surface area contributed by atoms with Gasteiger partial charge in [-0.15, -0.1) is 0 Å². The quantitative estimate of drug-likeness (QED) is 0.247. The lowest BCUT2D eigenvalue weighted by Crippen LogP contribution is -2.17. The molecule has 3 aromatic carbocycles. The number of hydrogen-bond donors (Lipinski definition) is 1. The molecule has 0 unspecified atom stereocenters. The number of carbonyl (C=O) groups excluding carboxylic acids is 2. The number of anilines is 1. The lowest BCUT2D eigenvalue weighted by molar-refractivity contribution is -0.115. The van der Waals surface area contributed by atoms with Crippen molar-refractivity contribution in [3.63, 3.8) is 0 Å². The molecule has 0 fully saturated rings. The van der Waals surface area contributed by atoms with E-state index >= 15 is 0 Å². The number of methoxy groups -OCH3 is 1. The van der Waals surface area contributed by atoms with Crippen LogP contribution in [0.4, 0.5) is 5.69 Å². The van der Waals surface area contributed by atoms with E-state index in [0.717, 1.165) is 26.8 Å². The zero-order valence-electron chi connectivity index (χ0n) is 21.1. The van der Waals surface area contributed by atoms with Gasteiger partial charge in [-0.2, -0.15) is 0 Å². The second kappa shape index (κ2) is 14.5. The number of carbonyl (C=O) groups is 2. The predicted molar refractivity (Wildman–Crippen MR) is 147 cm³/mol. The molecule has 0 aliphatic rings. The first-order valence-corrected chi connectivity index (χ1v) is 12.8. The number of amides is 1. The van der Waals surface area contributed by atoms with Gasteiger partial charge in [0.05, 0.1) is 24.8 Å². The maximum Gasteiger partial charge on any atom is 0.339 e. The zero-order chi connectivity index (χ0) is 26.5. The second-order valence-corrected chi connectivity index (χ2v) is 8.71. The van der Waals surface area contributed by atoms with E-state index in [1.165, 1.54) is 18.9 Å². The van der Waals surface area contributed by atoms with E-state index in [9.17, 15) is 9.59 Å². The molecule has 1 heterocycles. The van der Waals surface area contributed by atoms with Crippen molar-refractivity contribution in [1.82, 2.24) is 4.98 Å². The first-order chi connectivity index (χ1) is 18.1. The van der Waals surface area contributed by atoms with Crippen molar-refractivity contribution in [2.45, 2.75) is 36.8 Å². The van der Waals surface area contributed by atoms with Gasteiger partial charge in [-0.3, -0.25) is 4.79 Å². The Labute approximate surface area is 222 Å². The molecular weight excluding hydrogens is 484 g/mol. The summed E-state index contributed by atoms with van der Waals surface area (Å²) in [6.07, 6.45) is 1.83. The Hall–Kier alpha value is -4.10. The van der Waals surface area contributed by atoms with Crippen LogP contribution in [0, 0.1) is 0 Å². The third kappa shape index (κ3) is 8.51. The molecule has 0 aliphatic carbocycles. The fourth-order valence-electron chi connectivity index (χ4n) is 3.30. The van der Waals surface area contributed by atoms with E-state index in [-0.39, 0.29) is 12.3 Å². The average molecular weight is 515 g/mol. The van der Waals surface area contributed by atoms with E-state index in [4.69, 9.17) is 9.47 Å². The van der Waals surface area contributed by atoms with Crippen LogP contribution in [-0.4, -0.2) is 24.0 Å². The van der Waals surface area contributed by atoms with Gasteiger partial charge in [0.25, 0.3) is 0 Å². The molecule has 0 saturated carbocycles. The molecule has 1 amide bonds. The summed E-state index contributed by atoms with van der Waals surface area (Å²) < 4.78 is 10.6. The summed E-state index contributed by atoms with van der Waals surface area (Å²) in [6.45, 7) is 4.53. The zero-order valence-corrected chi connectivity index (χ0v) is 22.0. The molecule has 0 atom stereocenters. The highest BCUT2D eigenvalue weighted by molar-refractivity contribution is 7.99. The molecule has 4 aromatic rings. The van der Waals surface area contributed by atoms with Crippen LogP contribution >= 0.6 is 11.8 Å². The van der Waals surface area contributed by atoms with Crippen molar-refractivity contribution in [1.29, 1.82) is 0 Å². The summed E-state index contributed by atoms with van der Waals surface area (Å²) in [5.74, 6) is 0.0654. The maximum atomic E-state index is 12.5. The van der Waals surface area contributed by atoms with Gasteiger partial charge in [0.2, 0.25) is 5.91 Å². The minimum absolute atomic E-state index is 0.140. The number of aromatic nitrogens is 1. The largest absolute Gasteiger partial charge is 0.489 e. The van der Waals surface area contributed by atoms with Gasteiger partial charge in [-0.05, 0) is 53.6 Å². The third-order valence-corrected chi connectivity index (χ3v) is 6.02. The van der Waals surface area contributed by atoms with Crippen LogP contribution < -0.4 is 10.1 Å². The molecular formula is C30H30N2O4S. The Morgan fingerprint density at radius 1 is 0.838 bits per heavy atom. The Morgan fingerprint density at radius 3 is 2.22 bits per heavy atom. The second-order valence-electron chi connectivity index (χ2n) is 7.61. The van der Waals surface area contributed by atoms with Crippen molar-refractivity contribution < 1.29 is 19.1 Å². The van der Waals surface area contributed by atoms with Crippen LogP contribution in [0.1, 0.15) is 35.3 Å². The van der Waals surface area contributed by atoms with Crippen LogP contribution in [0.5, 0.6) is 5.75 Å². The van der Waals surface area contributed by atoms with Crippen molar-refractivity contribution in [3.8, 4) is 5.75 Å². The van der Waals surface area contributed by atoms with Gasteiger partial charge in [-0.1, -0.05) is 74.1 Å². The Morgan fingerprint density at radius 2 is 1.54 bits per heavy atom. The number of para-hydroxylation sites is 1. The number of pyridine rings is 1. The Bertz CT molecular complexity index is 1280. The van der Waals surface area contributed by atoms with E-state index in [0.29, 0.717) is 17.9 Å². The standard InChI is InChI=1S/C28H24N2O4S.C2H6/c1-33-28(32)24-9-5-6-10-25(24)30-26(31)17-21-11-16-27(29-18-21)35-23-14-12-22(13-15-23)34-19-20-7-3-2-4-8-20;1-2/h2-16,18H,17,19H2,1H3,(H,30,31);1-2H3. The Kier molecular flexibility index (Phi) is 10.7. The average Bonchev–Trinajstić information content (AvgIpc) is 2.95. The Balaban J connectivity index is 0.00000186. The van der Waals surface area contributed by atoms with Crippen molar-refractivity contribution in [2.24, 2.45) is 0 Å². The van der Waals surface area contributed by atoms with Gasteiger partial charge < -0.3 is 14.8 Å². The molecule has 0 radical (unpaired) electrons. The molecule has 7 heteroatoms. The topological polar surface area (TPSA) is 77.5 Å². The summed E-state index contributed by atoms with van der Waals surface area (Å²) in [5, 5.41) is 3.59. The van der Waals surface area contributed by atoms with Gasteiger partial charge in [0.15, 0.2) is 0 Å². The van der Waals surface area contributed by atoms with E-state index < -0.39 is 5.97 Å². The smallest absolute Gasteiger partial charge is 0.339 e. The molecule has 0 aliphatic heterocycles. The maximum absolute atomic E-state index is 12.5. The third-order valence-electron chi connectivity index (χ3n) is 5.06. The molecule has 1 aromatic heterocycles. The van der Waals surface area contributed by atoms with E-state index in [1.807, 2.05) is 80.6 Å². The summed E-state index contributed by atoms with van der Waals surface area (Å²) >= 11 is 1.53. The fraction of sp³-hybridized carbons (Fsp3) is 0.167. The highest BCUT2D eigenvalue weighted by Crippen LogP contribution is 2.28. The number of esters is 1. The molecule has 4 rings (SSSR count). The van der Waals surface area contributed by atoms with Crippen LogP contribution in [0.2, 0.25) is 0 Å². The minimum atomic E-state index is -0.500. The van der Waals surface area contributed by atoms with Gasteiger partial charge >= 0.3 is 5.97 Å². The molecule has 0 saturated heterocycles. The van der Waals surface area contributed by atoms with Gasteiger partial charge in [0.1, 0.15) is 17.4 Å². The SMILES string of the molecule is CC.COC(=O)c1ccccc1NC(=O)Cc1ccc(Sc2ccc(OCc3ccccc3)cc2)nc1. The number of ether oxygens (including phenoxy) is 2. The normalized spacial score (nSPS) is 10.0. The van der Waals surface area contributed by atoms with Crippen LogP contribution in [0.15, 0.2) is 107 Å². The summed E-state index contributed by atoms with van der Waals surface area (Å²) in [7, 11) is 1.31. The monoisotopic (exact) mass is 514 g/mol. The molecule has 1 N–H and O–H groups in total. The summed E-state index contributed by atoms with van der Waals surface area (Å²) in [5.41, 5.74) is 2.62. The molecule has 37 heavy (non-hydrogen) atoms. The lowest BCUT2D eigenvalue weighted by Gasteiger charge is -2.10. The van der Waals surface area contributed by atoms with Crippen LogP contribution in [0.3, 0.4) is 0 Å². The molecule has 0 bridgehead atoms. The number of hydrogen-bond acceptors (Lipinski definition) is 6. The number of benzene rings is 3. The number of nitrogens with one attached hydrogen (secondary N) is 1. The predicted octanol–water partition coefficient (Wildman–Crippen LogP) is 6.81. The number of nitrogens with zero attached hydrogens (tertiary/aromatic N) is 1. The van der Waals surface area contributed by atoms with Crippen molar-refractivity contribution in [3.05, 3.63) is 114 Å². The van der Waals surface area contributed by atoms with E-state index in [2.05, 4.69) is 10.3 Å². The number of rotatable bonds is 9. The summed E-state index contributed by atoms with van der Waals surface area (Å²) in [4.78, 5) is 29.9. The van der Waals surface area contributed by atoms with Gasteiger partial charge in [0, 0.05) is 11.1 Å². The highest BCUT2D eigenvalue weighted by atomic mass is 32.2. The molecule has 190 valence electrons. The van der Waals surface area contributed by atoms with E-state index in [1.54, 1.807) is 30.5 Å². The van der Waals surface area contributed by atoms with Crippen LogP contribution in [0.25, 0.3) is 0 Å². The lowest BCUT2D eigenvalue weighted by atomic mass is 10.1. The minimum Gasteiger partial charge on any atom is -0.489 e. The fourth-order valence-corrected chi connectivity index (χ4v) is 4.06.